The molecule has 0 saturated carbocycles. The van der Waals surface area contributed by atoms with Gasteiger partial charge < -0.3 is 99.8 Å². The molecule has 5 fully saturated rings. The van der Waals surface area contributed by atoms with E-state index in [2.05, 4.69) is 30.1 Å². The van der Waals surface area contributed by atoms with Crippen LogP contribution in [-0.2, 0) is 144 Å². The molecule has 9 aromatic carbocycles. The molecule has 5 aliphatic rings. The van der Waals surface area contributed by atoms with Crippen molar-refractivity contribution in [3.8, 4) is 0 Å². The molecule has 0 amide bonds. The summed E-state index contributed by atoms with van der Waals surface area (Å²) in [6.07, 6.45) is -26.8. The molecule has 0 aromatic heterocycles. The molecule has 35 heteroatoms. The van der Waals surface area contributed by atoms with Gasteiger partial charge >= 0.3 is 29.8 Å². The zero-order valence-corrected chi connectivity index (χ0v) is 74.5. The Balaban J connectivity index is 0.000000428. The summed E-state index contributed by atoms with van der Waals surface area (Å²) in [5.41, 5.74) is 35.5. The van der Waals surface area contributed by atoms with Gasteiger partial charge in [0.05, 0.1) is 101 Å². The third-order valence-corrected chi connectivity index (χ3v) is 23.2. The van der Waals surface area contributed by atoms with Crippen molar-refractivity contribution in [3.05, 3.63) is 354 Å². The molecule has 1 N–H and O–H groups in total. The predicted molar refractivity (Wildman–Crippen MR) is 478 cm³/mol. The minimum Gasteiger partial charge on any atom is -0.467 e. The highest BCUT2D eigenvalue weighted by Gasteiger charge is 2.60. The molecule has 9 aromatic rings. The van der Waals surface area contributed by atoms with Gasteiger partial charge in [-0.2, -0.15) is 0 Å². The minimum absolute atomic E-state index is 0.0144. The average Bonchev–Trinajstić information content (AvgIpc) is 0.762. The predicted octanol–water partition coefficient (Wildman–Crippen LogP) is 14.7. The van der Waals surface area contributed by atoms with Crippen molar-refractivity contribution < 1.29 is 124 Å². The Morgan fingerprint density at radius 1 is 0.336 bits per heavy atom. The van der Waals surface area contributed by atoms with Gasteiger partial charge in [0.1, 0.15) is 86.3 Å². The van der Waals surface area contributed by atoms with Crippen molar-refractivity contribution in [1.29, 1.82) is 0 Å². The number of azide groups is 3. The first kappa shape index (κ1) is 99.1. The maximum absolute atomic E-state index is 14.9. The van der Waals surface area contributed by atoms with Crippen molar-refractivity contribution in [1.82, 2.24) is 0 Å². The molecular weight excluding hydrogens is 1730 g/mol. The standard InChI is InChI=1S/C78H84N6O20.C21H23N3O6/c1-6-57-61(48(2)59(81-83-79)76(98-57)102-67-65(93-44-52-32-18-9-19-33-52)62(49(3)97-69(67)74(87)89-4)100-73(86)56-40-26-13-27-41-56)101-78-71(95-46-54-36-22-11-23-37-54)66(94-45-53-34-20-10-21-35-53)68(70(104-78)75(88)90-5)103-77-60(82-84-80)64(92-43-51-30-16-8-17-31-51)63(91-42-50-28-14-7-15-29-50)58(99-77)47-96-72(85)55-38-24-12-25-39-55;1-27-21-17(23-24-22)19(28-12-14-8-4-2-5-9-14)18(25)16(30-21)13-29-20(26)15-10-6-3-7-11-15/h7-41,48-49,57-71,76-78H,6,42-47H2,1-5H3;2-11,16-19,21,25H,12-13H2,1H3/t48-,49-,57?,58?,59?,60?,61+,62?,63-,64+,65-,66-,67-,68+,69?,70?,71?,76+,77-,78-;16?,17?,18-,19+,21+/m11/s1. The van der Waals surface area contributed by atoms with E-state index in [0.717, 1.165) is 22.3 Å². The molecule has 5 heterocycles. The Morgan fingerprint density at radius 3 is 1.06 bits per heavy atom. The molecule has 0 bridgehead atoms. The van der Waals surface area contributed by atoms with Crippen LogP contribution < -0.4 is 0 Å². The van der Waals surface area contributed by atoms with Crippen molar-refractivity contribution >= 4 is 29.8 Å². The van der Waals surface area contributed by atoms with Gasteiger partial charge in [0.2, 0.25) is 0 Å². The van der Waals surface area contributed by atoms with Crippen LogP contribution in [0.1, 0.15) is 91.6 Å². The summed E-state index contributed by atoms with van der Waals surface area (Å²) < 4.78 is 128. The maximum atomic E-state index is 14.9. The van der Waals surface area contributed by atoms with Crippen LogP contribution >= 0.6 is 0 Å². The highest BCUT2D eigenvalue weighted by Crippen LogP contribution is 2.43. The van der Waals surface area contributed by atoms with Crippen LogP contribution in [0.5, 0.6) is 0 Å². The van der Waals surface area contributed by atoms with E-state index in [1.54, 1.807) is 105 Å². The monoisotopic (exact) mass is 1840 g/mol. The Morgan fingerprint density at radius 2 is 0.657 bits per heavy atom. The summed E-state index contributed by atoms with van der Waals surface area (Å²) in [4.78, 5) is 78.4. The third-order valence-electron chi connectivity index (χ3n) is 23.2. The average molecular weight is 1840 g/mol. The van der Waals surface area contributed by atoms with E-state index in [1.165, 1.54) is 21.3 Å². The van der Waals surface area contributed by atoms with Gasteiger partial charge in [-0.25, -0.2) is 24.0 Å². The largest absolute Gasteiger partial charge is 0.467 e. The van der Waals surface area contributed by atoms with Crippen molar-refractivity contribution in [2.75, 3.05) is 34.5 Å². The summed E-state index contributed by atoms with van der Waals surface area (Å²) in [6, 6.07) is 77.2. The Labute approximate surface area is 774 Å². The number of aliphatic hydroxyl groups is 1. The second-order valence-electron chi connectivity index (χ2n) is 32.0. The summed E-state index contributed by atoms with van der Waals surface area (Å²) in [7, 11) is 3.75. The summed E-state index contributed by atoms with van der Waals surface area (Å²) >= 11 is 0. The van der Waals surface area contributed by atoms with Crippen LogP contribution in [0.15, 0.2) is 288 Å². The second-order valence-corrected chi connectivity index (χ2v) is 32.0. The zero-order chi connectivity index (χ0) is 94.1. The smallest absolute Gasteiger partial charge is 0.338 e. The Bertz CT molecular complexity index is 5290. The Hall–Kier alpha value is -12.4. The first-order valence-electron chi connectivity index (χ1n) is 43.9. The quantitative estimate of drug-likeness (QED) is 0.0123. The Kier molecular flexibility index (Phi) is 37.5. The first-order valence-corrected chi connectivity index (χ1v) is 43.9. The number of esters is 5. The van der Waals surface area contributed by atoms with Crippen LogP contribution in [0.2, 0.25) is 0 Å². The van der Waals surface area contributed by atoms with Crippen LogP contribution in [0.3, 0.4) is 0 Å². The fourth-order valence-corrected chi connectivity index (χ4v) is 16.3. The number of carbonyl (C=O) groups excluding carboxylic acids is 5. The number of rotatable bonds is 39. The number of hydrogen-bond donors (Lipinski definition) is 1. The van der Waals surface area contributed by atoms with Crippen LogP contribution in [0.25, 0.3) is 31.3 Å². The lowest BCUT2D eigenvalue weighted by Gasteiger charge is -2.51. The van der Waals surface area contributed by atoms with Crippen molar-refractivity contribution in [3.63, 3.8) is 0 Å². The van der Waals surface area contributed by atoms with Gasteiger partial charge in [0, 0.05) is 21.8 Å². The minimum atomic E-state index is -1.78. The van der Waals surface area contributed by atoms with E-state index in [0.29, 0.717) is 16.7 Å². The van der Waals surface area contributed by atoms with Gasteiger partial charge in [-0.3, -0.25) is 0 Å². The molecule has 0 aliphatic carbocycles. The maximum Gasteiger partial charge on any atom is 0.338 e. The van der Waals surface area contributed by atoms with E-state index in [1.807, 2.05) is 189 Å². The molecule has 0 spiro atoms. The molecule has 5 aliphatic heterocycles. The highest BCUT2D eigenvalue weighted by atomic mass is 16.8. The van der Waals surface area contributed by atoms with Gasteiger partial charge in [-0.1, -0.05) is 266 Å². The lowest BCUT2D eigenvalue weighted by Crippen LogP contribution is -2.67. The van der Waals surface area contributed by atoms with Crippen molar-refractivity contribution in [2.24, 2.45) is 21.3 Å². The molecular formula is C99H107N9O26. The fourth-order valence-electron chi connectivity index (χ4n) is 16.3. The van der Waals surface area contributed by atoms with E-state index in [-0.39, 0.29) is 63.8 Å². The number of hydrogen-bond acceptors (Lipinski definition) is 29. The highest BCUT2D eigenvalue weighted by molar-refractivity contribution is 5.90. The number of methoxy groups -OCH3 is 3. The van der Waals surface area contributed by atoms with Gasteiger partial charge in [0.15, 0.2) is 43.5 Å². The SMILES string of the molecule is CCC1O[C@@H](O[C@H]2C(C(=O)OC)O[C@H](C)C(OC(=O)c3ccccc3)[C@H]2OCc2ccccc2)C(N=[N+]=[N-])[C@@H](C)[C@@H]1O[C@@H]1OC(C(=O)OC)[C@@H](O[C@H]2OC(COC(=O)c3ccccc3)[C@@H](OCc3ccccc3)[C@@H](OCc3ccccc3)C2N=[N+]=[N-])[C@@H](OCc2ccccc2)C1OCc1ccccc1.CO[C@H]1OC(COC(=O)c2ccccc2)[C@@H](O)[C@@H](OCc2ccccc2)C1N=[N+]=[N-]. The summed E-state index contributed by atoms with van der Waals surface area (Å²) in [5, 5.41) is 23.1. The number of ether oxygens (including phenoxy) is 20. The van der Waals surface area contributed by atoms with Gasteiger partial charge in [-0.15, -0.1) is 0 Å². The normalized spacial score (nSPS) is 28.2. The molecule has 134 heavy (non-hydrogen) atoms. The zero-order valence-electron chi connectivity index (χ0n) is 74.5. The van der Waals surface area contributed by atoms with Crippen LogP contribution in [-0.4, -0.2) is 217 Å². The molecule has 10 unspecified atom stereocenters. The number of carbonyl (C=O) groups is 5. The molecule has 704 valence electrons. The topological polar surface area (TPSA) is 436 Å². The van der Waals surface area contributed by atoms with E-state index >= 15 is 0 Å². The lowest BCUT2D eigenvalue weighted by molar-refractivity contribution is -0.372. The van der Waals surface area contributed by atoms with Crippen LogP contribution in [0, 0.1) is 5.92 Å². The van der Waals surface area contributed by atoms with Crippen molar-refractivity contribution in [2.45, 2.75) is 214 Å². The number of nitrogens with zero attached hydrogens (tertiary/aromatic N) is 9. The summed E-state index contributed by atoms with van der Waals surface area (Å²) in [6.45, 7) is 4.49. The first-order chi connectivity index (χ1) is 65.5. The van der Waals surface area contributed by atoms with Crippen LogP contribution in [0.4, 0.5) is 0 Å². The fraction of sp³-hybridized carbons (Fsp3) is 0.404. The second kappa shape index (κ2) is 50.6. The molecule has 0 radical (unpaired) electrons. The number of benzene rings is 9. The van der Waals surface area contributed by atoms with Gasteiger partial charge in [0.25, 0.3) is 0 Å². The lowest BCUT2D eigenvalue weighted by atomic mass is 9.87. The molecule has 25 atom stereocenters. The molecule has 14 rings (SSSR count). The van der Waals surface area contributed by atoms with E-state index < -0.39 is 189 Å². The van der Waals surface area contributed by atoms with E-state index in [9.17, 15) is 40.1 Å². The third kappa shape index (κ3) is 26.4. The summed E-state index contributed by atoms with van der Waals surface area (Å²) in [5.74, 6) is -4.61. The number of aliphatic hydroxyl groups excluding tert-OH is 1. The van der Waals surface area contributed by atoms with E-state index in [4.69, 9.17) is 100 Å². The van der Waals surface area contributed by atoms with Gasteiger partial charge in [-0.05, 0) is 106 Å². The molecule has 35 nitrogen and oxygen atoms in total. The molecule has 5 saturated heterocycles.